The van der Waals surface area contributed by atoms with Crippen molar-refractivity contribution >= 4 is 27.6 Å². The molecule has 0 aliphatic carbocycles. The number of amides is 1. The first-order chi connectivity index (χ1) is 7.04. The fourth-order valence-corrected chi connectivity index (χ4v) is 1.10. The molecule has 0 saturated carbocycles. The van der Waals surface area contributed by atoms with Gasteiger partial charge in [0.1, 0.15) is 0 Å². The van der Waals surface area contributed by atoms with Gasteiger partial charge in [-0.1, -0.05) is 15.9 Å². The van der Waals surface area contributed by atoms with Crippen LogP contribution in [-0.2, 0) is 9.59 Å². The molecule has 0 saturated heterocycles. The van der Waals surface area contributed by atoms with E-state index in [0.29, 0.717) is 0 Å². The highest BCUT2D eigenvalue weighted by molar-refractivity contribution is 9.09. The van der Waals surface area contributed by atoms with Crippen LogP contribution in [0.15, 0.2) is 0 Å². The number of ketones is 1. The Morgan fingerprint density at radius 3 is 2.00 bits per heavy atom. The third-order valence-electron chi connectivity index (χ3n) is 1.60. The Labute approximate surface area is 95.5 Å². The zero-order chi connectivity index (χ0) is 13.1. The Hall–Kier alpha value is -0.730. The largest absolute Gasteiger partial charge is 0.463 e. The second-order valence-electron chi connectivity index (χ2n) is 2.87. The van der Waals surface area contributed by atoms with Crippen molar-refractivity contribution in [2.24, 2.45) is 0 Å². The third-order valence-corrected chi connectivity index (χ3v) is 2.16. The summed E-state index contributed by atoms with van der Waals surface area (Å²) in [4.78, 5) is 21.4. The van der Waals surface area contributed by atoms with Crippen molar-refractivity contribution in [1.82, 2.24) is 5.32 Å². The van der Waals surface area contributed by atoms with E-state index in [-0.39, 0.29) is 5.33 Å². The SMILES string of the molecule is CC(NC(=O)C(F)(F)C(F)(F)F)C(=O)CBr. The lowest BCUT2D eigenvalue weighted by Crippen LogP contribution is -2.54. The Morgan fingerprint density at radius 2 is 1.69 bits per heavy atom. The predicted octanol–water partition coefficient (Wildman–Crippen LogP) is 1.65. The van der Waals surface area contributed by atoms with Crippen LogP contribution >= 0.6 is 15.9 Å². The number of hydrogen-bond donors (Lipinski definition) is 1. The summed E-state index contributed by atoms with van der Waals surface area (Å²) in [6, 6.07) is -1.42. The molecule has 16 heavy (non-hydrogen) atoms. The number of hydrogen-bond acceptors (Lipinski definition) is 2. The maximum Gasteiger partial charge on any atom is 0.463 e. The monoisotopic (exact) mass is 311 g/mol. The van der Waals surface area contributed by atoms with E-state index in [1.165, 1.54) is 5.32 Å². The topological polar surface area (TPSA) is 46.2 Å². The fourth-order valence-electron chi connectivity index (χ4n) is 0.612. The molecule has 0 aromatic carbocycles. The zero-order valence-corrected chi connectivity index (χ0v) is 9.45. The second-order valence-corrected chi connectivity index (χ2v) is 3.43. The average molecular weight is 312 g/mol. The summed E-state index contributed by atoms with van der Waals surface area (Å²) in [7, 11) is 0. The Bertz CT molecular complexity index is 291. The molecule has 1 unspecified atom stereocenters. The van der Waals surface area contributed by atoms with E-state index in [0.717, 1.165) is 6.92 Å². The van der Waals surface area contributed by atoms with Gasteiger partial charge >= 0.3 is 18.0 Å². The summed E-state index contributed by atoms with van der Waals surface area (Å²) in [6.45, 7) is 1.01. The molecule has 1 atom stereocenters. The van der Waals surface area contributed by atoms with Crippen LogP contribution in [0, 0.1) is 0 Å². The minimum absolute atomic E-state index is 0.258. The normalized spacial score (nSPS) is 14.4. The highest BCUT2D eigenvalue weighted by atomic mass is 79.9. The molecule has 3 nitrogen and oxygen atoms in total. The summed E-state index contributed by atoms with van der Waals surface area (Å²) in [5, 5.41) is 1.03. The first kappa shape index (κ1) is 15.3. The molecule has 0 radical (unpaired) electrons. The fraction of sp³-hybridized carbons (Fsp3) is 0.714. The van der Waals surface area contributed by atoms with Crippen LogP contribution in [0.2, 0.25) is 0 Å². The van der Waals surface area contributed by atoms with Gasteiger partial charge < -0.3 is 5.32 Å². The molecule has 0 bridgehead atoms. The third kappa shape index (κ3) is 3.39. The van der Waals surface area contributed by atoms with Crippen LogP contribution in [0.5, 0.6) is 0 Å². The number of alkyl halides is 6. The minimum Gasteiger partial charge on any atom is -0.341 e. The van der Waals surface area contributed by atoms with E-state index in [1.54, 1.807) is 0 Å². The van der Waals surface area contributed by atoms with Gasteiger partial charge in [-0.2, -0.15) is 22.0 Å². The molecule has 0 spiro atoms. The highest BCUT2D eigenvalue weighted by Gasteiger charge is 2.63. The molecule has 0 aliphatic heterocycles. The zero-order valence-electron chi connectivity index (χ0n) is 7.87. The second kappa shape index (κ2) is 5.07. The maximum absolute atomic E-state index is 12.4. The first-order valence-electron chi connectivity index (χ1n) is 3.88. The molecule has 0 fully saturated rings. The lowest BCUT2D eigenvalue weighted by Gasteiger charge is -2.20. The molecule has 0 aromatic heterocycles. The number of carbonyl (C=O) groups excluding carboxylic acids is 2. The molecule has 0 aromatic rings. The Morgan fingerprint density at radius 1 is 1.25 bits per heavy atom. The summed E-state index contributed by atoms with van der Waals surface area (Å²) >= 11 is 2.68. The maximum atomic E-state index is 12.4. The van der Waals surface area contributed by atoms with Crippen molar-refractivity contribution in [1.29, 1.82) is 0 Å². The first-order valence-corrected chi connectivity index (χ1v) is 5.00. The molecule has 0 aliphatic rings. The van der Waals surface area contributed by atoms with Gasteiger partial charge in [0.05, 0.1) is 11.4 Å². The van der Waals surface area contributed by atoms with Gasteiger partial charge in [0, 0.05) is 0 Å². The van der Waals surface area contributed by atoms with E-state index in [9.17, 15) is 31.5 Å². The molecule has 0 rings (SSSR count). The van der Waals surface area contributed by atoms with E-state index in [4.69, 9.17) is 0 Å². The van der Waals surface area contributed by atoms with Crippen molar-refractivity contribution < 1.29 is 31.5 Å². The Kier molecular flexibility index (Phi) is 4.84. The van der Waals surface area contributed by atoms with E-state index in [1.807, 2.05) is 0 Å². The highest BCUT2D eigenvalue weighted by Crippen LogP contribution is 2.35. The molecule has 1 N–H and O–H groups in total. The van der Waals surface area contributed by atoms with Gasteiger partial charge in [0.2, 0.25) is 0 Å². The quantitative estimate of drug-likeness (QED) is 0.634. The number of rotatable bonds is 4. The van der Waals surface area contributed by atoms with Gasteiger partial charge in [-0.05, 0) is 6.92 Å². The van der Waals surface area contributed by atoms with Gasteiger partial charge in [0.25, 0.3) is 0 Å². The predicted molar refractivity (Wildman–Crippen MR) is 47.4 cm³/mol. The van der Waals surface area contributed by atoms with E-state index < -0.39 is 29.8 Å². The van der Waals surface area contributed by atoms with E-state index in [2.05, 4.69) is 15.9 Å². The average Bonchev–Trinajstić information content (AvgIpc) is 2.14. The molecular weight excluding hydrogens is 305 g/mol. The van der Waals surface area contributed by atoms with Crippen LogP contribution in [-0.4, -0.2) is 35.2 Å². The number of Topliss-reactive ketones (excluding diaryl/α,β-unsaturated/α-hetero) is 1. The lowest BCUT2D eigenvalue weighted by molar-refractivity contribution is -0.270. The van der Waals surface area contributed by atoms with Crippen LogP contribution in [0.1, 0.15) is 6.92 Å². The number of nitrogens with one attached hydrogen (secondary N) is 1. The molecule has 1 amide bonds. The summed E-state index contributed by atoms with van der Waals surface area (Å²) in [5.74, 6) is -8.76. The van der Waals surface area contributed by atoms with E-state index >= 15 is 0 Å². The van der Waals surface area contributed by atoms with Gasteiger partial charge in [-0.15, -0.1) is 0 Å². The lowest BCUT2D eigenvalue weighted by atomic mass is 10.2. The minimum atomic E-state index is -5.98. The van der Waals surface area contributed by atoms with Crippen molar-refractivity contribution in [3.63, 3.8) is 0 Å². The van der Waals surface area contributed by atoms with Crippen molar-refractivity contribution in [2.75, 3.05) is 5.33 Å². The summed E-state index contributed by atoms with van der Waals surface area (Å²) in [5.41, 5.74) is 0. The van der Waals surface area contributed by atoms with Gasteiger partial charge in [-0.3, -0.25) is 9.59 Å². The van der Waals surface area contributed by atoms with Crippen LogP contribution in [0.25, 0.3) is 0 Å². The van der Waals surface area contributed by atoms with Crippen molar-refractivity contribution in [3.05, 3.63) is 0 Å². The van der Waals surface area contributed by atoms with Gasteiger partial charge in [0.15, 0.2) is 5.78 Å². The smallest absolute Gasteiger partial charge is 0.341 e. The Balaban J connectivity index is 4.66. The van der Waals surface area contributed by atoms with Gasteiger partial charge in [-0.25, -0.2) is 0 Å². The molecule has 9 heteroatoms. The molecule has 94 valence electrons. The molecular formula is C7H7BrF5NO2. The summed E-state index contributed by atoms with van der Waals surface area (Å²) < 4.78 is 59.9. The van der Waals surface area contributed by atoms with Crippen LogP contribution < -0.4 is 5.32 Å². The standard InChI is InChI=1S/C7H7BrF5NO2/c1-3(4(15)2-8)14-5(16)6(9,10)7(11,12)13/h3H,2H2,1H3,(H,14,16). The van der Waals surface area contributed by atoms with Crippen molar-refractivity contribution in [2.45, 2.75) is 25.1 Å². The summed E-state index contributed by atoms with van der Waals surface area (Å²) in [6.07, 6.45) is -5.98. The van der Waals surface area contributed by atoms with Crippen LogP contribution in [0.4, 0.5) is 22.0 Å². The van der Waals surface area contributed by atoms with Crippen LogP contribution in [0.3, 0.4) is 0 Å². The number of carbonyl (C=O) groups is 2. The van der Waals surface area contributed by atoms with Crippen molar-refractivity contribution in [3.8, 4) is 0 Å². The molecule has 0 heterocycles. The number of halogens is 6.